The van der Waals surface area contributed by atoms with Crippen LogP contribution in [0.4, 0.5) is 0 Å². The molecule has 11 nitrogen and oxygen atoms in total. The highest BCUT2D eigenvalue weighted by Gasteiger charge is 2.53. The molecule has 0 radical (unpaired) electrons. The quantitative estimate of drug-likeness (QED) is 0.427. The second-order valence-corrected chi connectivity index (χ2v) is 7.54. The van der Waals surface area contributed by atoms with Crippen LogP contribution in [-0.2, 0) is 42.9 Å². The third-order valence-electron chi connectivity index (χ3n) is 4.83. The Kier molecular flexibility index (Phi) is 8.00. The van der Waals surface area contributed by atoms with E-state index in [0.717, 1.165) is 26.2 Å². The number of pyridine rings is 1. The molecule has 0 bridgehead atoms. The van der Waals surface area contributed by atoms with Gasteiger partial charge >= 0.3 is 23.9 Å². The molecule has 1 aliphatic heterocycles. The zero-order chi connectivity index (χ0) is 24.8. The second-order valence-electron chi connectivity index (χ2n) is 7.54. The van der Waals surface area contributed by atoms with E-state index in [4.69, 9.17) is 28.4 Å². The van der Waals surface area contributed by atoms with Crippen LogP contribution in [0.25, 0.3) is 10.8 Å². The minimum Gasteiger partial charge on any atom is -0.463 e. The third-order valence-corrected chi connectivity index (χ3v) is 4.83. The van der Waals surface area contributed by atoms with Crippen LogP contribution in [0.1, 0.15) is 27.7 Å². The van der Waals surface area contributed by atoms with Gasteiger partial charge in [-0.3, -0.25) is 24.2 Å². The molecule has 34 heavy (non-hydrogen) atoms. The number of hydrogen-bond acceptors (Lipinski definition) is 11. The predicted octanol–water partition coefficient (Wildman–Crippen LogP) is 1.70. The molecule has 1 aliphatic rings. The molecule has 11 heteroatoms. The fraction of sp³-hybridized carbons (Fsp3) is 0.435. The van der Waals surface area contributed by atoms with E-state index < -0.39 is 54.6 Å². The summed E-state index contributed by atoms with van der Waals surface area (Å²) >= 11 is 0. The van der Waals surface area contributed by atoms with Crippen LogP contribution in [0.3, 0.4) is 0 Å². The van der Waals surface area contributed by atoms with Gasteiger partial charge < -0.3 is 28.4 Å². The first-order valence-electron chi connectivity index (χ1n) is 10.5. The molecule has 3 rings (SSSR count). The number of fused-ring (bicyclic) bond motifs is 1. The van der Waals surface area contributed by atoms with E-state index in [1.807, 2.05) is 6.07 Å². The van der Waals surface area contributed by atoms with Crippen molar-refractivity contribution < 1.29 is 47.6 Å². The van der Waals surface area contributed by atoms with E-state index >= 15 is 0 Å². The number of carbonyl (C=O) groups is 4. The van der Waals surface area contributed by atoms with Crippen LogP contribution in [-0.4, -0.2) is 66.2 Å². The SMILES string of the molecule is CC(=O)OC[C@H]1O[C@@H](Oc2cccc3ccncc23)[C@H](OC(C)=O)[C@@H](OC(C)=O)[C@H]1OC(C)=O. The fourth-order valence-corrected chi connectivity index (χ4v) is 3.60. The summed E-state index contributed by atoms with van der Waals surface area (Å²) in [5, 5.41) is 1.48. The number of hydrogen-bond donors (Lipinski definition) is 0. The minimum absolute atomic E-state index is 0.339. The smallest absolute Gasteiger partial charge is 0.303 e. The standard InChI is InChI=1S/C23H25NO10/c1-12(25)29-11-19-20(30-13(2)26)21(31-14(3)27)22(32-15(4)28)23(34-19)33-18-7-5-6-16-8-9-24-10-17(16)18/h5-10,19-23H,11H2,1-4H3/t19-,20+,21+,22-,23-/m1/s1. The minimum atomic E-state index is -1.31. The Labute approximate surface area is 195 Å². The van der Waals surface area contributed by atoms with Gasteiger partial charge in [0.2, 0.25) is 12.4 Å². The Bertz CT molecular complexity index is 1070. The molecule has 1 aromatic carbocycles. The highest BCUT2D eigenvalue weighted by Crippen LogP contribution is 2.33. The number of carbonyl (C=O) groups excluding carboxylic acids is 4. The topological polar surface area (TPSA) is 137 Å². The third kappa shape index (κ3) is 6.19. The van der Waals surface area contributed by atoms with E-state index in [1.165, 1.54) is 6.92 Å². The van der Waals surface area contributed by atoms with Gasteiger partial charge in [0.15, 0.2) is 12.2 Å². The monoisotopic (exact) mass is 475 g/mol. The number of esters is 4. The highest BCUT2D eigenvalue weighted by molar-refractivity contribution is 5.87. The van der Waals surface area contributed by atoms with Gasteiger partial charge in [-0.05, 0) is 17.5 Å². The van der Waals surface area contributed by atoms with E-state index in [-0.39, 0.29) is 6.61 Å². The second kappa shape index (κ2) is 10.9. The van der Waals surface area contributed by atoms with Gasteiger partial charge in [0, 0.05) is 45.5 Å². The summed E-state index contributed by atoms with van der Waals surface area (Å²) in [6, 6.07) is 7.06. The molecule has 0 aliphatic carbocycles. The Morgan fingerprint density at radius 2 is 1.50 bits per heavy atom. The first-order chi connectivity index (χ1) is 16.2. The molecule has 182 valence electrons. The summed E-state index contributed by atoms with van der Waals surface area (Å²) in [5.41, 5.74) is 0. The van der Waals surface area contributed by atoms with Crippen LogP contribution >= 0.6 is 0 Å². The lowest BCUT2D eigenvalue weighted by Crippen LogP contribution is -2.63. The van der Waals surface area contributed by atoms with E-state index in [9.17, 15) is 19.2 Å². The van der Waals surface area contributed by atoms with Gasteiger partial charge in [0.05, 0.1) is 0 Å². The maximum Gasteiger partial charge on any atom is 0.303 e. The Morgan fingerprint density at radius 3 is 2.15 bits per heavy atom. The van der Waals surface area contributed by atoms with Crippen LogP contribution in [0.2, 0.25) is 0 Å². The van der Waals surface area contributed by atoms with Crippen LogP contribution < -0.4 is 4.74 Å². The maximum absolute atomic E-state index is 11.9. The van der Waals surface area contributed by atoms with Crippen molar-refractivity contribution in [2.24, 2.45) is 0 Å². The summed E-state index contributed by atoms with van der Waals surface area (Å²) < 4.78 is 33.3. The Hall–Kier alpha value is -3.73. The first kappa shape index (κ1) is 24.9. The lowest BCUT2D eigenvalue weighted by molar-refractivity contribution is -0.288. The molecule has 0 saturated carbocycles. The molecule has 0 amide bonds. The molecule has 5 atom stereocenters. The van der Waals surface area contributed by atoms with Crippen molar-refractivity contribution in [3.05, 3.63) is 36.7 Å². The van der Waals surface area contributed by atoms with Crippen molar-refractivity contribution >= 4 is 34.6 Å². The molecular formula is C23H25NO10. The van der Waals surface area contributed by atoms with Crippen molar-refractivity contribution in [1.82, 2.24) is 4.98 Å². The van der Waals surface area contributed by atoms with Crippen LogP contribution in [0.15, 0.2) is 36.7 Å². The van der Waals surface area contributed by atoms with Gasteiger partial charge in [0.1, 0.15) is 18.5 Å². The maximum atomic E-state index is 11.9. The van der Waals surface area contributed by atoms with E-state index in [1.54, 1.807) is 30.6 Å². The lowest BCUT2D eigenvalue weighted by Gasteiger charge is -2.44. The average Bonchev–Trinajstić information content (AvgIpc) is 2.75. The van der Waals surface area contributed by atoms with Gasteiger partial charge in [-0.15, -0.1) is 0 Å². The van der Waals surface area contributed by atoms with E-state index in [0.29, 0.717) is 11.1 Å². The molecule has 2 heterocycles. The summed E-state index contributed by atoms with van der Waals surface area (Å²) in [6.07, 6.45) is -3.06. The fourth-order valence-electron chi connectivity index (χ4n) is 3.60. The number of rotatable bonds is 7. The number of benzene rings is 1. The zero-order valence-electron chi connectivity index (χ0n) is 19.1. The molecular weight excluding hydrogens is 450 g/mol. The van der Waals surface area contributed by atoms with Crippen LogP contribution in [0, 0.1) is 0 Å². The van der Waals surface area contributed by atoms with Crippen molar-refractivity contribution in [2.75, 3.05) is 6.61 Å². The number of aromatic nitrogens is 1. The molecule has 1 fully saturated rings. The van der Waals surface area contributed by atoms with Crippen molar-refractivity contribution in [3.8, 4) is 5.75 Å². The van der Waals surface area contributed by atoms with Crippen LogP contribution in [0.5, 0.6) is 5.75 Å². The van der Waals surface area contributed by atoms with Gasteiger partial charge in [-0.25, -0.2) is 0 Å². The summed E-state index contributed by atoms with van der Waals surface area (Å²) in [4.78, 5) is 51.2. The van der Waals surface area contributed by atoms with Crippen molar-refractivity contribution in [2.45, 2.75) is 58.4 Å². The average molecular weight is 475 g/mol. The zero-order valence-corrected chi connectivity index (χ0v) is 19.1. The Morgan fingerprint density at radius 1 is 0.853 bits per heavy atom. The lowest BCUT2D eigenvalue weighted by atomic mass is 9.98. The highest BCUT2D eigenvalue weighted by atomic mass is 16.7. The van der Waals surface area contributed by atoms with Gasteiger partial charge in [-0.1, -0.05) is 12.1 Å². The first-order valence-corrected chi connectivity index (χ1v) is 10.5. The van der Waals surface area contributed by atoms with Crippen molar-refractivity contribution in [3.63, 3.8) is 0 Å². The van der Waals surface area contributed by atoms with Crippen molar-refractivity contribution in [1.29, 1.82) is 0 Å². The largest absolute Gasteiger partial charge is 0.463 e. The molecule has 1 aromatic heterocycles. The molecule has 1 saturated heterocycles. The molecule has 2 aromatic rings. The summed E-state index contributed by atoms with van der Waals surface area (Å²) in [5.74, 6) is -2.39. The predicted molar refractivity (Wildman–Crippen MR) is 114 cm³/mol. The molecule has 0 N–H and O–H groups in total. The number of nitrogens with zero attached hydrogens (tertiary/aromatic N) is 1. The summed E-state index contributed by atoms with van der Waals surface area (Å²) in [6.45, 7) is 4.33. The van der Waals surface area contributed by atoms with Gasteiger partial charge in [-0.2, -0.15) is 0 Å². The van der Waals surface area contributed by atoms with E-state index in [2.05, 4.69) is 4.98 Å². The molecule has 0 spiro atoms. The Balaban J connectivity index is 2.03. The number of ether oxygens (including phenoxy) is 6. The normalized spacial score (nSPS) is 24.1. The van der Waals surface area contributed by atoms with Gasteiger partial charge in [0.25, 0.3) is 0 Å². The summed E-state index contributed by atoms with van der Waals surface area (Å²) in [7, 11) is 0. The molecule has 0 unspecified atom stereocenters.